The van der Waals surface area contributed by atoms with E-state index >= 15 is 0 Å². The minimum absolute atomic E-state index is 0.102. The largest absolute Gasteiger partial charge is 0.382 e. The summed E-state index contributed by atoms with van der Waals surface area (Å²) in [5.74, 6) is -0.333. The van der Waals surface area contributed by atoms with Crippen LogP contribution in [0.1, 0.15) is 52.2 Å². The highest BCUT2D eigenvalue weighted by atomic mass is 16.5. The van der Waals surface area contributed by atoms with Gasteiger partial charge in [0.05, 0.1) is 18.8 Å². The molecule has 4 N–H and O–H groups in total. The molecule has 1 amide bonds. The van der Waals surface area contributed by atoms with Crippen molar-refractivity contribution >= 4 is 17.8 Å². The fraction of sp³-hybridized carbons (Fsp3) is 0.367. The van der Waals surface area contributed by atoms with E-state index in [0.29, 0.717) is 16.7 Å². The lowest BCUT2D eigenvalue weighted by Crippen LogP contribution is -2.35. The van der Waals surface area contributed by atoms with E-state index in [1.54, 1.807) is 0 Å². The number of nitrogens with one attached hydrogen (secondary N) is 4. The smallest absolute Gasteiger partial charge is 0.253 e. The second-order valence-electron chi connectivity index (χ2n) is 10.1. The van der Waals surface area contributed by atoms with Crippen LogP contribution >= 0.6 is 0 Å². The molecule has 4 rings (SSSR count). The fourth-order valence-electron chi connectivity index (χ4n) is 4.78. The molecule has 200 valence electrons. The van der Waals surface area contributed by atoms with Crippen LogP contribution in [0.2, 0.25) is 0 Å². The molecule has 1 aliphatic rings. The van der Waals surface area contributed by atoms with E-state index in [1.165, 1.54) is 11.8 Å². The van der Waals surface area contributed by atoms with Crippen molar-refractivity contribution in [2.24, 2.45) is 0 Å². The molecule has 0 aliphatic carbocycles. The van der Waals surface area contributed by atoms with Gasteiger partial charge in [0.25, 0.3) is 11.5 Å². The number of carbonyl (C=O) groups is 1. The van der Waals surface area contributed by atoms with Crippen molar-refractivity contribution in [3.8, 4) is 11.1 Å². The minimum Gasteiger partial charge on any atom is -0.382 e. The van der Waals surface area contributed by atoms with E-state index in [1.807, 2.05) is 45.9 Å². The molecule has 1 aliphatic heterocycles. The Hall–Kier alpha value is -3.75. The maximum absolute atomic E-state index is 13.4. The Labute approximate surface area is 223 Å². The quantitative estimate of drug-likeness (QED) is 0.319. The fourth-order valence-corrected chi connectivity index (χ4v) is 4.78. The molecule has 0 bridgehead atoms. The lowest BCUT2D eigenvalue weighted by Gasteiger charge is -2.26. The van der Waals surface area contributed by atoms with E-state index in [9.17, 15) is 9.59 Å². The molecule has 0 atom stereocenters. The van der Waals surface area contributed by atoms with Gasteiger partial charge in [-0.2, -0.15) is 0 Å². The number of nitrogens with zero attached hydrogens (tertiary/aromatic N) is 1. The van der Waals surface area contributed by atoms with Crippen LogP contribution in [0.15, 0.2) is 47.3 Å². The number of pyridine rings is 1. The summed E-state index contributed by atoms with van der Waals surface area (Å²) in [5, 5.41) is 14.4. The maximum atomic E-state index is 13.4. The number of aromatic amines is 1. The molecule has 38 heavy (non-hydrogen) atoms. The molecule has 1 fully saturated rings. The summed E-state index contributed by atoms with van der Waals surface area (Å²) in [4.78, 5) is 31.0. The maximum Gasteiger partial charge on any atom is 0.253 e. The number of benzene rings is 2. The van der Waals surface area contributed by atoms with Gasteiger partial charge in [-0.1, -0.05) is 24.3 Å². The zero-order valence-electron chi connectivity index (χ0n) is 22.6. The van der Waals surface area contributed by atoms with Gasteiger partial charge in [-0.05, 0) is 68.1 Å². The number of hydrogen-bond donors (Lipinski definition) is 4. The highest BCUT2D eigenvalue weighted by molar-refractivity contribution is 6.06. The van der Waals surface area contributed by atoms with Crippen molar-refractivity contribution in [2.45, 2.75) is 46.8 Å². The minimum atomic E-state index is -0.333. The normalized spacial score (nSPS) is 13.9. The Morgan fingerprint density at radius 1 is 1.11 bits per heavy atom. The molecule has 1 aromatic heterocycles. The summed E-state index contributed by atoms with van der Waals surface area (Å²) < 4.78 is 5.45. The molecule has 8 heteroatoms. The first-order chi connectivity index (χ1) is 18.2. The second-order valence-corrected chi connectivity index (χ2v) is 10.1. The van der Waals surface area contributed by atoms with E-state index in [2.05, 4.69) is 44.8 Å². The van der Waals surface area contributed by atoms with Gasteiger partial charge < -0.3 is 25.8 Å². The van der Waals surface area contributed by atoms with Crippen LogP contribution in [0.3, 0.4) is 0 Å². The molecular weight excluding hydrogens is 478 g/mol. The average Bonchev–Trinajstić information content (AvgIpc) is 2.88. The van der Waals surface area contributed by atoms with Gasteiger partial charge in [-0.15, -0.1) is 0 Å². The summed E-state index contributed by atoms with van der Waals surface area (Å²) in [7, 11) is 0. The second kappa shape index (κ2) is 12.2. The van der Waals surface area contributed by atoms with Crippen LogP contribution in [-0.2, 0) is 17.8 Å². The first-order valence-electron chi connectivity index (χ1n) is 13.1. The highest BCUT2D eigenvalue weighted by Crippen LogP contribution is 2.29. The number of morpholine rings is 1. The molecule has 0 unspecified atom stereocenters. The average molecular weight is 516 g/mol. The standard InChI is InChI=1S/C30H37N5O3/c1-19(2)33-28-15-24(23-7-5-22(6-8-23)18-35-9-11-38-12-10-35)14-25(26(28)16-31)29(36)32-17-27-20(3)13-21(4)34-30(27)37/h5-8,13-16,19,31,33H,9-12,17-18H2,1-4H3,(H,32,36)(H,34,37). The van der Waals surface area contributed by atoms with Crippen molar-refractivity contribution in [3.05, 3.63) is 86.3 Å². The summed E-state index contributed by atoms with van der Waals surface area (Å²) in [6, 6.07) is 14.2. The van der Waals surface area contributed by atoms with E-state index < -0.39 is 0 Å². The first-order valence-corrected chi connectivity index (χ1v) is 13.1. The van der Waals surface area contributed by atoms with Crippen LogP contribution in [0, 0.1) is 19.3 Å². The highest BCUT2D eigenvalue weighted by Gasteiger charge is 2.18. The van der Waals surface area contributed by atoms with Crippen molar-refractivity contribution in [3.63, 3.8) is 0 Å². The monoisotopic (exact) mass is 515 g/mol. The third-order valence-electron chi connectivity index (χ3n) is 6.73. The Balaban J connectivity index is 1.63. The Bertz CT molecular complexity index is 1360. The summed E-state index contributed by atoms with van der Waals surface area (Å²) in [6.07, 6.45) is 1.21. The van der Waals surface area contributed by atoms with E-state index in [0.717, 1.165) is 60.9 Å². The van der Waals surface area contributed by atoms with Crippen molar-refractivity contribution < 1.29 is 9.53 Å². The van der Waals surface area contributed by atoms with Crippen LogP contribution in [0.5, 0.6) is 0 Å². The Morgan fingerprint density at radius 2 is 1.82 bits per heavy atom. The number of ether oxygens (including phenoxy) is 1. The summed E-state index contributed by atoms with van der Waals surface area (Å²) >= 11 is 0. The van der Waals surface area contributed by atoms with Crippen molar-refractivity contribution in [2.75, 3.05) is 31.6 Å². The van der Waals surface area contributed by atoms with Crippen LogP contribution in [0.25, 0.3) is 11.1 Å². The molecule has 8 nitrogen and oxygen atoms in total. The Kier molecular flexibility index (Phi) is 8.76. The first kappa shape index (κ1) is 27.3. The number of aromatic nitrogens is 1. The molecule has 0 radical (unpaired) electrons. The molecule has 2 aromatic carbocycles. The van der Waals surface area contributed by atoms with Crippen LogP contribution in [-0.4, -0.2) is 54.4 Å². The zero-order chi connectivity index (χ0) is 27.2. The number of amides is 1. The van der Waals surface area contributed by atoms with Crippen LogP contribution in [0.4, 0.5) is 5.69 Å². The predicted molar refractivity (Wildman–Crippen MR) is 152 cm³/mol. The van der Waals surface area contributed by atoms with E-state index in [4.69, 9.17) is 10.1 Å². The molecule has 1 saturated heterocycles. The predicted octanol–water partition coefficient (Wildman–Crippen LogP) is 4.24. The van der Waals surface area contributed by atoms with Gasteiger partial charge in [-0.3, -0.25) is 14.5 Å². The van der Waals surface area contributed by atoms with Gasteiger partial charge in [0, 0.05) is 60.9 Å². The number of H-pyrrole nitrogens is 1. The van der Waals surface area contributed by atoms with Crippen molar-refractivity contribution in [1.29, 1.82) is 5.41 Å². The van der Waals surface area contributed by atoms with Gasteiger partial charge in [0.1, 0.15) is 0 Å². The number of aryl methyl sites for hydroxylation is 2. The third-order valence-corrected chi connectivity index (χ3v) is 6.73. The molecule has 2 heterocycles. The summed E-state index contributed by atoms with van der Waals surface area (Å²) in [6.45, 7) is 12.1. The number of rotatable bonds is 9. The Morgan fingerprint density at radius 3 is 2.45 bits per heavy atom. The summed E-state index contributed by atoms with van der Waals surface area (Å²) in [5.41, 5.74) is 6.64. The molecular formula is C30H37N5O3. The lowest BCUT2D eigenvalue weighted by molar-refractivity contribution is 0.0342. The van der Waals surface area contributed by atoms with Gasteiger partial charge >= 0.3 is 0 Å². The van der Waals surface area contributed by atoms with Gasteiger partial charge in [0.15, 0.2) is 0 Å². The topological polar surface area (TPSA) is 110 Å². The third kappa shape index (κ3) is 6.57. The SMILES string of the molecule is Cc1cc(C)c(CNC(=O)c2cc(-c3ccc(CN4CCOCC4)cc3)cc(NC(C)C)c2C=N)c(=O)[nH]1. The van der Waals surface area contributed by atoms with Gasteiger partial charge in [-0.25, -0.2) is 0 Å². The van der Waals surface area contributed by atoms with E-state index in [-0.39, 0.29) is 24.1 Å². The molecule has 0 saturated carbocycles. The van der Waals surface area contributed by atoms with Crippen molar-refractivity contribution in [1.82, 2.24) is 15.2 Å². The number of hydrogen-bond acceptors (Lipinski definition) is 6. The van der Waals surface area contributed by atoms with Gasteiger partial charge in [0.2, 0.25) is 0 Å². The lowest BCUT2D eigenvalue weighted by atomic mass is 9.96. The number of anilines is 1. The zero-order valence-corrected chi connectivity index (χ0v) is 22.6. The van der Waals surface area contributed by atoms with Crippen LogP contribution < -0.4 is 16.2 Å². The molecule has 3 aromatic rings. The molecule has 0 spiro atoms. The number of carbonyl (C=O) groups excluding carboxylic acids is 1.